The molecule has 0 unspecified atom stereocenters. The van der Waals surface area contributed by atoms with Crippen molar-refractivity contribution in [2.45, 2.75) is 77.9 Å². The zero-order valence-corrected chi connectivity index (χ0v) is 24.6. The molecule has 3 atom stereocenters. The Bertz CT molecular complexity index is 1400. The summed E-state index contributed by atoms with van der Waals surface area (Å²) >= 11 is 0. The molecule has 5 rings (SSSR count). The number of fused-ring (bicyclic) bond motifs is 2. The third kappa shape index (κ3) is 5.16. The lowest BCUT2D eigenvalue weighted by Gasteiger charge is -2.51. The van der Waals surface area contributed by atoms with Crippen molar-refractivity contribution in [2.75, 3.05) is 14.2 Å². The maximum atomic E-state index is 15.0. The number of hydrogen-bond donors (Lipinski definition) is 0. The summed E-state index contributed by atoms with van der Waals surface area (Å²) in [6.07, 6.45) is 4.77. The summed E-state index contributed by atoms with van der Waals surface area (Å²) in [5.41, 5.74) is 6.58. The quantitative estimate of drug-likeness (QED) is 0.281. The number of halogens is 1. The van der Waals surface area contributed by atoms with Crippen LogP contribution >= 0.6 is 0 Å². The van der Waals surface area contributed by atoms with Gasteiger partial charge in [0.1, 0.15) is 18.2 Å². The standard InChI is InChI=1S/C35H41FO4/c1-22-9-14-31(36)27(18-22)26-13-10-23(19-28(26)32(38-5)34(2,3)4)21-40-25-12-11-24-8-7-16-35(30(24)20-25)17-15-29(35)33(37)39-6/h9-14,18-20,29,32H,7-8,15-17,21H2,1-6H3/t29-,32-,35-/m1/s1. The van der Waals surface area contributed by atoms with E-state index in [1.165, 1.54) is 24.3 Å². The van der Waals surface area contributed by atoms with E-state index in [2.05, 4.69) is 39.0 Å². The van der Waals surface area contributed by atoms with Crippen LogP contribution in [0.5, 0.6) is 5.75 Å². The van der Waals surface area contributed by atoms with E-state index in [4.69, 9.17) is 14.2 Å². The van der Waals surface area contributed by atoms with Crippen LogP contribution in [0, 0.1) is 24.1 Å². The van der Waals surface area contributed by atoms with Crippen LogP contribution in [0.3, 0.4) is 0 Å². The molecule has 2 aliphatic rings. The van der Waals surface area contributed by atoms with Crippen LogP contribution < -0.4 is 4.74 Å². The first-order valence-electron chi connectivity index (χ1n) is 14.3. The highest BCUT2D eigenvalue weighted by Gasteiger charge is 2.53. The van der Waals surface area contributed by atoms with Gasteiger partial charge in [0, 0.05) is 18.1 Å². The second kappa shape index (κ2) is 11.0. The van der Waals surface area contributed by atoms with Crippen molar-refractivity contribution in [2.24, 2.45) is 11.3 Å². The number of esters is 1. The van der Waals surface area contributed by atoms with Crippen molar-refractivity contribution in [3.05, 3.63) is 88.2 Å². The van der Waals surface area contributed by atoms with E-state index in [9.17, 15) is 4.79 Å². The maximum Gasteiger partial charge on any atom is 0.309 e. The fraction of sp³-hybridized carbons (Fsp3) is 0.457. The van der Waals surface area contributed by atoms with Gasteiger partial charge in [0.2, 0.25) is 0 Å². The van der Waals surface area contributed by atoms with E-state index in [1.54, 1.807) is 13.2 Å². The average molecular weight is 545 g/mol. The van der Waals surface area contributed by atoms with Crippen LogP contribution in [0.2, 0.25) is 0 Å². The molecule has 0 saturated heterocycles. The number of benzene rings is 3. The van der Waals surface area contributed by atoms with Gasteiger partial charge < -0.3 is 14.2 Å². The predicted molar refractivity (Wildman–Crippen MR) is 156 cm³/mol. The number of ether oxygens (including phenoxy) is 3. The Balaban J connectivity index is 1.46. The Morgan fingerprint density at radius 1 is 1.02 bits per heavy atom. The zero-order valence-electron chi connectivity index (χ0n) is 24.6. The molecule has 0 N–H and O–H groups in total. The molecular formula is C35H41FO4. The molecule has 5 heteroatoms. The number of carbonyl (C=O) groups is 1. The van der Waals surface area contributed by atoms with Gasteiger partial charge in [0.05, 0.1) is 19.1 Å². The normalized spacial score (nSPS) is 20.9. The van der Waals surface area contributed by atoms with Gasteiger partial charge in [0.15, 0.2) is 0 Å². The van der Waals surface area contributed by atoms with Crippen LogP contribution in [0.4, 0.5) is 4.39 Å². The molecule has 0 heterocycles. The molecule has 1 fully saturated rings. The fourth-order valence-electron chi connectivity index (χ4n) is 6.92. The molecule has 0 amide bonds. The van der Waals surface area contributed by atoms with Gasteiger partial charge in [-0.25, -0.2) is 4.39 Å². The van der Waals surface area contributed by atoms with E-state index in [0.717, 1.165) is 60.1 Å². The predicted octanol–water partition coefficient (Wildman–Crippen LogP) is 8.27. The molecule has 0 radical (unpaired) electrons. The molecule has 1 spiro atoms. The second-order valence-corrected chi connectivity index (χ2v) is 12.6. The minimum atomic E-state index is -0.246. The van der Waals surface area contributed by atoms with E-state index >= 15 is 4.39 Å². The molecule has 0 aromatic heterocycles. The minimum Gasteiger partial charge on any atom is -0.489 e. The van der Waals surface area contributed by atoms with Gasteiger partial charge in [-0.15, -0.1) is 0 Å². The molecule has 40 heavy (non-hydrogen) atoms. The van der Waals surface area contributed by atoms with Crippen molar-refractivity contribution in [1.29, 1.82) is 0 Å². The summed E-state index contributed by atoms with van der Waals surface area (Å²) in [6.45, 7) is 8.74. The molecule has 2 aliphatic carbocycles. The van der Waals surface area contributed by atoms with Gasteiger partial charge in [-0.2, -0.15) is 0 Å². The summed E-state index contributed by atoms with van der Waals surface area (Å²) in [7, 11) is 3.19. The van der Waals surface area contributed by atoms with Crippen molar-refractivity contribution in [3.8, 4) is 16.9 Å². The third-order valence-electron chi connectivity index (χ3n) is 8.96. The van der Waals surface area contributed by atoms with Crippen molar-refractivity contribution < 1.29 is 23.4 Å². The highest BCUT2D eigenvalue weighted by atomic mass is 19.1. The Hall–Kier alpha value is -3.18. The molecule has 212 valence electrons. The topological polar surface area (TPSA) is 44.8 Å². The van der Waals surface area contributed by atoms with E-state index in [0.29, 0.717) is 12.2 Å². The molecule has 3 aromatic carbocycles. The molecule has 1 saturated carbocycles. The lowest BCUT2D eigenvalue weighted by molar-refractivity contribution is -0.153. The summed E-state index contributed by atoms with van der Waals surface area (Å²) in [5.74, 6) is 0.371. The number of aryl methyl sites for hydroxylation is 2. The van der Waals surface area contributed by atoms with E-state index in [-0.39, 0.29) is 34.6 Å². The lowest BCUT2D eigenvalue weighted by atomic mass is 9.52. The first kappa shape index (κ1) is 28.4. The largest absolute Gasteiger partial charge is 0.489 e. The summed E-state index contributed by atoms with van der Waals surface area (Å²) in [6, 6.07) is 17.6. The molecule has 4 nitrogen and oxygen atoms in total. The second-order valence-electron chi connectivity index (χ2n) is 12.6. The number of rotatable bonds is 7. The Kier molecular flexibility index (Phi) is 7.80. The lowest BCUT2D eigenvalue weighted by Crippen LogP contribution is -2.50. The van der Waals surface area contributed by atoms with Gasteiger partial charge in [-0.05, 0) is 103 Å². The van der Waals surface area contributed by atoms with Crippen LogP contribution in [0.25, 0.3) is 11.1 Å². The summed E-state index contributed by atoms with van der Waals surface area (Å²) in [4.78, 5) is 12.5. The minimum absolute atomic E-state index is 0.0766. The van der Waals surface area contributed by atoms with Gasteiger partial charge >= 0.3 is 5.97 Å². The van der Waals surface area contributed by atoms with E-state index in [1.807, 2.05) is 31.2 Å². The molecule has 0 aliphatic heterocycles. The average Bonchev–Trinajstić information content (AvgIpc) is 2.92. The smallest absolute Gasteiger partial charge is 0.309 e. The van der Waals surface area contributed by atoms with Crippen molar-refractivity contribution in [1.82, 2.24) is 0 Å². The van der Waals surface area contributed by atoms with E-state index < -0.39 is 0 Å². The van der Waals surface area contributed by atoms with Gasteiger partial charge in [0.25, 0.3) is 0 Å². The SMILES string of the molecule is COC(=O)[C@H]1CC[C@]12CCCc1ccc(OCc3ccc(-c4cc(C)ccc4F)c([C@@H](OC)C(C)(C)C)c3)cc12. The highest BCUT2D eigenvalue weighted by Crippen LogP contribution is 2.56. The van der Waals surface area contributed by atoms with Crippen LogP contribution in [0.15, 0.2) is 54.6 Å². The molecular weight excluding hydrogens is 503 g/mol. The van der Waals surface area contributed by atoms with Crippen LogP contribution in [-0.4, -0.2) is 20.2 Å². The monoisotopic (exact) mass is 544 g/mol. The Morgan fingerprint density at radius 3 is 2.50 bits per heavy atom. The first-order valence-corrected chi connectivity index (χ1v) is 14.3. The molecule has 0 bridgehead atoms. The highest BCUT2D eigenvalue weighted by molar-refractivity contribution is 5.76. The van der Waals surface area contributed by atoms with Crippen molar-refractivity contribution in [3.63, 3.8) is 0 Å². The number of hydrogen-bond acceptors (Lipinski definition) is 4. The summed E-state index contributed by atoms with van der Waals surface area (Å²) in [5, 5.41) is 0. The number of methoxy groups -OCH3 is 2. The van der Waals surface area contributed by atoms with Gasteiger partial charge in [-0.1, -0.05) is 50.6 Å². The van der Waals surface area contributed by atoms with Crippen molar-refractivity contribution >= 4 is 5.97 Å². The van der Waals surface area contributed by atoms with Crippen LogP contribution in [0.1, 0.15) is 80.4 Å². The fourth-order valence-corrected chi connectivity index (χ4v) is 6.92. The van der Waals surface area contributed by atoms with Gasteiger partial charge in [-0.3, -0.25) is 4.79 Å². The zero-order chi connectivity index (χ0) is 28.7. The summed E-state index contributed by atoms with van der Waals surface area (Å²) < 4.78 is 32.5. The maximum absolute atomic E-state index is 15.0. The Labute approximate surface area is 237 Å². The number of carbonyl (C=O) groups excluding carboxylic acids is 1. The third-order valence-corrected chi connectivity index (χ3v) is 8.96. The first-order chi connectivity index (χ1) is 19.1. The molecule has 3 aromatic rings. The Morgan fingerprint density at radius 2 is 1.82 bits per heavy atom. The van der Waals surface area contributed by atoms with Crippen LogP contribution in [-0.2, 0) is 32.7 Å².